The second kappa shape index (κ2) is 12.1. The van der Waals surface area contributed by atoms with Crippen molar-refractivity contribution in [3.8, 4) is 16.8 Å². The van der Waals surface area contributed by atoms with Crippen molar-refractivity contribution in [1.82, 2.24) is 9.13 Å². The number of aliphatic hydroxyl groups excluding tert-OH is 2. The summed E-state index contributed by atoms with van der Waals surface area (Å²) in [5.74, 6) is -1.53. The fourth-order valence-corrected chi connectivity index (χ4v) is 6.03. The monoisotopic (exact) mass is 590 g/mol. The molecule has 0 aliphatic rings. The molecule has 7 nitrogen and oxygen atoms in total. The molecular weight excluding hydrogens is 559 g/mol. The Bertz CT molecular complexity index is 1830. The number of rotatable bonds is 10. The zero-order chi connectivity index (χ0) is 30.1. The molecule has 0 saturated heterocycles. The predicted octanol–water partition coefficient (Wildman–Crippen LogP) is 6.51. The van der Waals surface area contributed by atoms with Gasteiger partial charge in [0.15, 0.2) is 0 Å². The molecule has 5 rings (SSSR count). The predicted molar refractivity (Wildman–Crippen MR) is 163 cm³/mol. The number of aliphatic hydroxyl groups is 2. The van der Waals surface area contributed by atoms with E-state index < -0.39 is 24.6 Å². The molecule has 0 radical (unpaired) electrons. The van der Waals surface area contributed by atoms with E-state index in [2.05, 4.69) is 0 Å². The molecule has 0 aliphatic carbocycles. The minimum Gasteiger partial charge on any atom is -0.481 e. The van der Waals surface area contributed by atoms with E-state index in [1.165, 1.54) is 12.1 Å². The third-order valence-electron chi connectivity index (χ3n) is 7.51. The average molecular weight is 591 g/mol. The molecule has 2 aromatic heterocycles. The van der Waals surface area contributed by atoms with Gasteiger partial charge in [-0.25, -0.2) is 4.39 Å². The van der Waals surface area contributed by atoms with E-state index in [0.717, 1.165) is 27.6 Å². The summed E-state index contributed by atoms with van der Waals surface area (Å²) in [5, 5.41) is 31.9. The maximum atomic E-state index is 14.5. The normalized spacial score (nSPS) is 13.2. The number of hydrogen-bond acceptors (Lipinski definition) is 4. The Morgan fingerprint density at radius 3 is 2.36 bits per heavy atom. The van der Waals surface area contributed by atoms with Crippen molar-refractivity contribution in [2.45, 2.75) is 57.8 Å². The summed E-state index contributed by atoms with van der Waals surface area (Å²) in [6.45, 7) is 3.95. The number of pyridine rings is 1. The molecule has 3 N–H and O–H groups in total. The Hall–Kier alpha value is -3.98. The van der Waals surface area contributed by atoms with E-state index >= 15 is 0 Å². The Labute approximate surface area is 247 Å². The summed E-state index contributed by atoms with van der Waals surface area (Å²) in [6.07, 6.45) is -2.17. The van der Waals surface area contributed by atoms with E-state index in [9.17, 15) is 24.2 Å². The topological polar surface area (TPSA) is 105 Å². The van der Waals surface area contributed by atoms with Gasteiger partial charge in [0.2, 0.25) is 0 Å². The Morgan fingerprint density at radius 2 is 1.69 bits per heavy atom. The maximum absolute atomic E-state index is 14.5. The summed E-state index contributed by atoms with van der Waals surface area (Å²) in [4.78, 5) is 25.5. The van der Waals surface area contributed by atoms with E-state index in [1.54, 1.807) is 34.9 Å². The van der Waals surface area contributed by atoms with E-state index in [0.29, 0.717) is 28.2 Å². The van der Waals surface area contributed by atoms with Crippen LogP contribution in [0.1, 0.15) is 44.8 Å². The summed E-state index contributed by atoms with van der Waals surface area (Å²) in [6, 6.07) is 20.7. The van der Waals surface area contributed by atoms with Crippen LogP contribution < -0.4 is 5.56 Å². The van der Waals surface area contributed by atoms with Crippen molar-refractivity contribution >= 4 is 39.4 Å². The molecule has 0 bridgehead atoms. The van der Waals surface area contributed by atoms with Crippen LogP contribution in [0.3, 0.4) is 0 Å². The van der Waals surface area contributed by atoms with Gasteiger partial charge in [0, 0.05) is 33.1 Å². The fourth-order valence-electron chi connectivity index (χ4n) is 5.84. The van der Waals surface area contributed by atoms with Gasteiger partial charge in [-0.15, -0.1) is 0 Å². The minimum absolute atomic E-state index is 0.0927. The van der Waals surface area contributed by atoms with Gasteiger partial charge in [0.05, 0.1) is 29.8 Å². The molecule has 0 aliphatic heterocycles. The van der Waals surface area contributed by atoms with Crippen molar-refractivity contribution in [2.24, 2.45) is 0 Å². The quantitative estimate of drug-likeness (QED) is 0.172. The first-order chi connectivity index (χ1) is 20.1. The molecular formula is C33H32ClFN2O5. The van der Waals surface area contributed by atoms with Crippen LogP contribution in [0.15, 0.2) is 77.6 Å². The Kier molecular flexibility index (Phi) is 8.50. The number of benzene rings is 3. The van der Waals surface area contributed by atoms with Gasteiger partial charge in [0.1, 0.15) is 11.3 Å². The number of para-hydroxylation sites is 1. The smallest absolute Gasteiger partial charge is 0.305 e. The summed E-state index contributed by atoms with van der Waals surface area (Å²) in [7, 11) is 0. The molecule has 0 unspecified atom stereocenters. The lowest BCUT2D eigenvalue weighted by Gasteiger charge is -2.19. The largest absolute Gasteiger partial charge is 0.481 e. The van der Waals surface area contributed by atoms with Crippen molar-refractivity contribution in [3.63, 3.8) is 0 Å². The van der Waals surface area contributed by atoms with Gasteiger partial charge >= 0.3 is 5.97 Å². The van der Waals surface area contributed by atoms with Crippen LogP contribution in [0, 0.1) is 5.82 Å². The van der Waals surface area contributed by atoms with E-state index in [4.69, 9.17) is 16.7 Å². The fraction of sp³-hybridized carbons (Fsp3) is 0.273. The molecule has 5 aromatic rings. The van der Waals surface area contributed by atoms with Crippen LogP contribution in [-0.4, -0.2) is 42.6 Å². The molecule has 0 amide bonds. The van der Waals surface area contributed by atoms with Crippen LogP contribution in [-0.2, 0) is 11.2 Å². The van der Waals surface area contributed by atoms with Crippen molar-refractivity contribution in [2.75, 3.05) is 0 Å². The van der Waals surface area contributed by atoms with E-state index in [1.807, 2.05) is 48.7 Å². The number of hydrogen-bond donors (Lipinski definition) is 3. The lowest BCUT2D eigenvalue weighted by molar-refractivity contribution is -0.139. The number of carboxylic acids is 1. The van der Waals surface area contributed by atoms with Crippen molar-refractivity contribution in [3.05, 3.63) is 99.7 Å². The number of aliphatic carboxylic acids is 1. The second-order valence-electron chi connectivity index (χ2n) is 10.8. The number of carboxylic acid groups (broad SMARTS) is 1. The number of carbonyl (C=O) groups is 1. The van der Waals surface area contributed by atoms with Gasteiger partial charge < -0.3 is 19.9 Å². The van der Waals surface area contributed by atoms with Gasteiger partial charge in [-0.05, 0) is 75.1 Å². The van der Waals surface area contributed by atoms with Gasteiger partial charge in [0.25, 0.3) is 5.56 Å². The van der Waals surface area contributed by atoms with Crippen molar-refractivity contribution < 1.29 is 24.5 Å². The average Bonchev–Trinajstić information content (AvgIpc) is 3.28. The molecule has 0 spiro atoms. The summed E-state index contributed by atoms with van der Waals surface area (Å²) >= 11 is 6.33. The third kappa shape index (κ3) is 5.70. The number of nitrogens with zero attached hydrogens (tertiary/aromatic N) is 2. The molecule has 218 valence electrons. The van der Waals surface area contributed by atoms with Crippen LogP contribution in [0.2, 0.25) is 5.02 Å². The minimum atomic E-state index is -1.18. The first kappa shape index (κ1) is 29.5. The maximum Gasteiger partial charge on any atom is 0.305 e. The molecule has 2 heterocycles. The lowest BCUT2D eigenvalue weighted by Crippen LogP contribution is -2.23. The van der Waals surface area contributed by atoms with Gasteiger partial charge in [-0.1, -0.05) is 48.0 Å². The first-order valence-corrected chi connectivity index (χ1v) is 14.2. The highest BCUT2D eigenvalue weighted by molar-refractivity contribution is 6.30. The zero-order valence-electron chi connectivity index (χ0n) is 23.3. The molecule has 0 fully saturated rings. The molecule has 2 atom stereocenters. The third-order valence-corrected chi connectivity index (χ3v) is 7.75. The number of halogens is 2. The lowest BCUT2D eigenvalue weighted by atomic mass is 9.96. The van der Waals surface area contributed by atoms with Crippen LogP contribution >= 0.6 is 11.6 Å². The second-order valence-corrected chi connectivity index (χ2v) is 11.3. The van der Waals surface area contributed by atoms with Crippen molar-refractivity contribution in [1.29, 1.82) is 0 Å². The molecule has 3 aromatic carbocycles. The van der Waals surface area contributed by atoms with Gasteiger partial charge in [-0.2, -0.15) is 0 Å². The standard InChI is InChI=1S/C33H32ClFN2O5/c1-19(2)36-28(15-14-24(38)17-25(39)18-29(40)41)30(20-10-12-22(35)13-11-20)31-26-8-3-4-9-27(26)37(33(42)32(31)36)23-7-5-6-21(34)16-23/h3-13,16,19,24-25,38-39H,14-15,17-18H2,1-2H3,(H,40,41)/t24-,25-/m1/s1. The van der Waals surface area contributed by atoms with E-state index in [-0.39, 0.29) is 30.3 Å². The van der Waals surface area contributed by atoms with Crippen LogP contribution in [0.5, 0.6) is 0 Å². The van der Waals surface area contributed by atoms with Crippen LogP contribution in [0.25, 0.3) is 38.6 Å². The Balaban J connectivity index is 1.81. The first-order valence-electron chi connectivity index (χ1n) is 13.9. The van der Waals surface area contributed by atoms with Gasteiger partial charge in [-0.3, -0.25) is 14.2 Å². The summed E-state index contributed by atoms with van der Waals surface area (Å²) in [5.41, 5.74) is 3.80. The molecule has 42 heavy (non-hydrogen) atoms. The number of fused-ring (bicyclic) bond motifs is 3. The zero-order valence-corrected chi connectivity index (χ0v) is 24.1. The van der Waals surface area contributed by atoms with Crippen LogP contribution in [0.4, 0.5) is 4.39 Å². The highest BCUT2D eigenvalue weighted by atomic mass is 35.5. The highest BCUT2D eigenvalue weighted by Crippen LogP contribution is 2.41. The summed E-state index contributed by atoms with van der Waals surface area (Å²) < 4.78 is 17.7. The highest BCUT2D eigenvalue weighted by Gasteiger charge is 2.27. The SMILES string of the molecule is CC(C)n1c(CC[C@@H](O)C[C@@H](O)CC(=O)O)c(-c2ccc(F)cc2)c2c3ccccc3n(-c3cccc(Cl)c3)c(=O)c21. The molecule has 0 saturated carbocycles. The number of aromatic nitrogens is 2. The Morgan fingerprint density at radius 1 is 0.976 bits per heavy atom. The molecule has 9 heteroatoms.